The van der Waals surface area contributed by atoms with Crippen molar-refractivity contribution < 1.29 is 19.0 Å². The van der Waals surface area contributed by atoms with Crippen LogP contribution in [-0.4, -0.2) is 30.9 Å². The minimum absolute atomic E-state index is 0.118. The molecule has 2 aromatic carbocycles. The molecule has 0 N–H and O–H groups in total. The lowest BCUT2D eigenvalue weighted by atomic mass is 10.1. The van der Waals surface area contributed by atoms with E-state index in [1.54, 1.807) is 37.6 Å². The van der Waals surface area contributed by atoms with Gasteiger partial charge in [0.1, 0.15) is 31.3 Å². The minimum Gasteiger partial charge on any atom is -0.497 e. The van der Waals surface area contributed by atoms with E-state index in [0.29, 0.717) is 16.9 Å². The number of esters is 1. The Morgan fingerprint density at radius 1 is 1.00 bits per heavy atom. The van der Waals surface area contributed by atoms with E-state index in [1.165, 1.54) is 4.57 Å². The van der Waals surface area contributed by atoms with E-state index in [2.05, 4.69) is 0 Å². The fraction of sp³-hybridized carbons (Fsp3) is 0.200. The number of para-hydroxylation sites is 1. The third-order valence-electron chi connectivity index (χ3n) is 3.84. The number of hydrogen-bond acceptors (Lipinski definition) is 5. The van der Waals surface area contributed by atoms with Gasteiger partial charge in [0.2, 0.25) is 0 Å². The van der Waals surface area contributed by atoms with Crippen LogP contribution in [0.4, 0.5) is 0 Å². The third kappa shape index (κ3) is 4.22. The normalized spacial score (nSPS) is 10.5. The van der Waals surface area contributed by atoms with E-state index < -0.39 is 5.97 Å². The van der Waals surface area contributed by atoms with Gasteiger partial charge in [0.15, 0.2) is 0 Å². The smallest absolute Gasteiger partial charge is 0.326 e. The predicted molar refractivity (Wildman–Crippen MR) is 97.7 cm³/mol. The molecule has 0 saturated heterocycles. The Morgan fingerprint density at radius 2 is 1.81 bits per heavy atom. The van der Waals surface area contributed by atoms with Crippen LogP contribution in [0.5, 0.6) is 11.5 Å². The molecule has 1 aromatic heterocycles. The SMILES string of the molecule is COc1ccc2c(=O)n(CC(=O)OCCOc3ccccc3)ccc2c1. The molecule has 0 aliphatic heterocycles. The summed E-state index contributed by atoms with van der Waals surface area (Å²) in [7, 11) is 1.57. The molecule has 0 unspecified atom stereocenters. The summed E-state index contributed by atoms with van der Waals surface area (Å²) in [4.78, 5) is 24.4. The summed E-state index contributed by atoms with van der Waals surface area (Å²) in [6.07, 6.45) is 1.58. The van der Waals surface area contributed by atoms with Crippen molar-refractivity contribution in [2.75, 3.05) is 20.3 Å². The van der Waals surface area contributed by atoms with Crippen LogP contribution in [-0.2, 0) is 16.1 Å². The Labute approximate surface area is 150 Å². The highest BCUT2D eigenvalue weighted by atomic mass is 16.6. The molecule has 3 rings (SSSR count). The summed E-state index contributed by atoms with van der Waals surface area (Å²) < 4.78 is 17.1. The zero-order valence-corrected chi connectivity index (χ0v) is 14.4. The number of carbonyl (C=O) groups is 1. The Kier molecular flexibility index (Phi) is 5.53. The highest BCUT2D eigenvalue weighted by Gasteiger charge is 2.09. The highest BCUT2D eigenvalue weighted by Crippen LogP contribution is 2.17. The van der Waals surface area contributed by atoms with Crippen molar-refractivity contribution in [3.63, 3.8) is 0 Å². The molecule has 26 heavy (non-hydrogen) atoms. The molecule has 1 heterocycles. The maximum atomic E-state index is 12.5. The standard InChI is InChI=1S/C20H19NO5/c1-24-17-7-8-18-15(13-17)9-10-21(20(18)23)14-19(22)26-12-11-25-16-5-3-2-4-6-16/h2-10,13H,11-12,14H2,1H3. The maximum absolute atomic E-state index is 12.5. The molecule has 0 bridgehead atoms. The van der Waals surface area contributed by atoms with Gasteiger partial charge in [0.05, 0.1) is 7.11 Å². The van der Waals surface area contributed by atoms with Crippen molar-refractivity contribution in [1.82, 2.24) is 4.57 Å². The molecule has 6 nitrogen and oxygen atoms in total. The molecular weight excluding hydrogens is 334 g/mol. The molecule has 0 atom stereocenters. The van der Waals surface area contributed by atoms with Crippen molar-refractivity contribution in [2.45, 2.75) is 6.54 Å². The van der Waals surface area contributed by atoms with E-state index in [-0.39, 0.29) is 25.3 Å². The number of carbonyl (C=O) groups excluding carboxylic acids is 1. The van der Waals surface area contributed by atoms with Crippen LogP contribution in [0.1, 0.15) is 0 Å². The van der Waals surface area contributed by atoms with Gasteiger partial charge >= 0.3 is 5.97 Å². The third-order valence-corrected chi connectivity index (χ3v) is 3.84. The summed E-state index contributed by atoms with van der Waals surface area (Å²) in [6.45, 7) is 0.224. The second-order valence-corrected chi connectivity index (χ2v) is 5.58. The van der Waals surface area contributed by atoms with Crippen molar-refractivity contribution in [3.8, 4) is 11.5 Å². The summed E-state index contributed by atoms with van der Waals surface area (Å²) in [5.41, 5.74) is -0.248. The number of methoxy groups -OCH3 is 1. The fourth-order valence-corrected chi connectivity index (χ4v) is 2.53. The molecule has 6 heteroatoms. The molecule has 0 amide bonds. The quantitative estimate of drug-likeness (QED) is 0.482. The number of nitrogens with zero attached hydrogens (tertiary/aromatic N) is 1. The summed E-state index contributed by atoms with van der Waals surface area (Å²) in [6, 6.07) is 16.2. The first-order chi connectivity index (χ1) is 12.7. The number of ether oxygens (including phenoxy) is 3. The van der Waals surface area contributed by atoms with E-state index in [9.17, 15) is 9.59 Å². The molecular formula is C20H19NO5. The molecule has 0 fully saturated rings. The van der Waals surface area contributed by atoms with Gasteiger partial charge in [-0.2, -0.15) is 0 Å². The molecule has 0 aliphatic rings. The lowest BCUT2D eigenvalue weighted by molar-refractivity contribution is -0.145. The lowest BCUT2D eigenvalue weighted by Crippen LogP contribution is -2.25. The fourth-order valence-electron chi connectivity index (χ4n) is 2.53. The van der Waals surface area contributed by atoms with Crippen LogP contribution in [0.3, 0.4) is 0 Å². The van der Waals surface area contributed by atoms with E-state index in [4.69, 9.17) is 14.2 Å². The van der Waals surface area contributed by atoms with Gasteiger partial charge in [-0.3, -0.25) is 9.59 Å². The van der Waals surface area contributed by atoms with Crippen LogP contribution < -0.4 is 15.0 Å². The van der Waals surface area contributed by atoms with E-state index >= 15 is 0 Å². The van der Waals surface area contributed by atoms with Crippen molar-refractivity contribution >= 4 is 16.7 Å². The first-order valence-electron chi connectivity index (χ1n) is 8.18. The topological polar surface area (TPSA) is 66.8 Å². The van der Waals surface area contributed by atoms with Crippen LogP contribution >= 0.6 is 0 Å². The van der Waals surface area contributed by atoms with E-state index in [0.717, 1.165) is 5.39 Å². The van der Waals surface area contributed by atoms with Gasteiger partial charge in [0, 0.05) is 11.6 Å². The van der Waals surface area contributed by atoms with Crippen molar-refractivity contribution in [3.05, 3.63) is 71.1 Å². The van der Waals surface area contributed by atoms with Gasteiger partial charge in [-0.15, -0.1) is 0 Å². The molecule has 0 saturated carbocycles. The Bertz CT molecular complexity index is 949. The van der Waals surface area contributed by atoms with Gasteiger partial charge in [-0.1, -0.05) is 18.2 Å². The largest absolute Gasteiger partial charge is 0.497 e. The van der Waals surface area contributed by atoms with Gasteiger partial charge < -0.3 is 18.8 Å². The molecule has 134 valence electrons. The number of pyridine rings is 1. The first-order valence-corrected chi connectivity index (χ1v) is 8.18. The first kappa shape index (κ1) is 17.5. The lowest BCUT2D eigenvalue weighted by Gasteiger charge is -2.09. The summed E-state index contributed by atoms with van der Waals surface area (Å²) in [5.74, 6) is 0.897. The van der Waals surface area contributed by atoms with Crippen LogP contribution in [0.25, 0.3) is 10.8 Å². The zero-order chi connectivity index (χ0) is 18.4. The second kappa shape index (κ2) is 8.20. The Morgan fingerprint density at radius 3 is 2.58 bits per heavy atom. The maximum Gasteiger partial charge on any atom is 0.326 e. The minimum atomic E-state index is -0.489. The number of fused-ring (bicyclic) bond motifs is 1. The molecule has 0 radical (unpaired) electrons. The van der Waals surface area contributed by atoms with Gasteiger partial charge in [-0.25, -0.2) is 0 Å². The Hall–Kier alpha value is -3.28. The molecule has 0 spiro atoms. The number of aromatic nitrogens is 1. The van der Waals surface area contributed by atoms with Crippen molar-refractivity contribution in [1.29, 1.82) is 0 Å². The van der Waals surface area contributed by atoms with Crippen LogP contribution in [0.15, 0.2) is 65.6 Å². The molecule has 0 aliphatic carbocycles. The van der Waals surface area contributed by atoms with Crippen molar-refractivity contribution in [2.24, 2.45) is 0 Å². The Balaban J connectivity index is 1.57. The average Bonchev–Trinajstić information content (AvgIpc) is 2.68. The highest BCUT2D eigenvalue weighted by molar-refractivity contribution is 5.83. The second-order valence-electron chi connectivity index (χ2n) is 5.58. The number of benzene rings is 2. The van der Waals surface area contributed by atoms with Gasteiger partial charge in [0.25, 0.3) is 5.56 Å². The number of rotatable bonds is 7. The average molecular weight is 353 g/mol. The van der Waals surface area contributed by atoms with Crippen LogP contribution in [0, 0.1) is 0 Å². The summed E-state index contributed by atoms with van der Waals surface area (Å²) in [5, 5.41) is 1.28. The van der Waals surface area contributed by atoms with Crippen LogP contribution in [0.2, 0.25) is 0 Å². The number of hydrogen-bond donors (Lipinski definition) is 0. The van der Waals surface area contributed by atoms with Gasteiger partial charge in [-0.05, 0) is 41.8 Å². The molecule has 3 aromatic rings. The zero-order valence-electron chi connectivity index (χ0n) is 14.4. The monoisotopic (exact) mass is 353 g/mol. The van der Waals surface area contributed by atoms with E-state index in [1.807, 2.05) is 30.3 Å². The summed E-state index contributed by atoms with van der Waals surface area (Å²) >= 11 is 0. The predicted octanol–water partition coefficient (Wildman–Crippen LogP) is 2.63.